The fourth-order valence-electron chi connectivity index (χ4n) is 4.23. The van der Waals surface area contributed by atoms with Crippen LogP contribution in [-0.4, -0.2) is 76.7 Å². The van der Waals surface area contributed by atoms with Crippen molar-refractivity contribution in [3.63, 3.8) is 0 Å². The van der Waals surface area contributed by atoms with Gasteiger partial charge in [0.25, 0.3) is 0 Å². The number of carbonyl (C=O) groups excluding carboxylic acids is 4. The molecule has 5 rings (SSSR count). The van der Waals surface area contributed by atoms with Crippen molar-refractivity contribution in [2.75, 3.05) is 52.9 Å². The molecule has 4 bridgehead atoms. The van der Waals surface area contributed by atoms with Crippen molar-refractivity contribution in [2.45, 2.75) is 0 Å². The molecule has 1 heterocycles. The highest BCUT2D eigenvalue weighted by Crippen LogP contribution is 2.34. The van der Waals surface area contributed by atoms with Crippen molar-refractivity contribution in [1.82, 2.24) is 0 Å². The first-order valence-corrected chi connectivity index (χ1v) is 13.1. The standard InChI is InChI=1S/C32H24O10/c33-29-25-19-26(22-8-4-1-3-7-21(22)25)30(34)40-16-12-38-14-18-42-32(36)28-20-27(23-9-5-2-6-10-24(23)28)31(35)41-17-13-37-11-15-39-29/h1-7,9H,11-18H2. The molecule has 10 heteroatoms. The Morgan fingerprint density at radius 3 is 1.17 bits per heavy atom. The molecule has 1 aliphatic heterocycles. The highest BCUT2D eigenvalue weighted by molar-refractivity contribution is 6.06. The monoisotopic (exact) mass is 568 g/mol. The van der Waals surface area contributed by atoms with Gasteiger partial charge in [-0.15, -0.1) is 11.5 Å². The second-order valence-electron chi connectivity index (χ2n) is 8.82. The van der Waals surface area contributed by atoms with Crippen LogP contribution in [0.1, 0.15) is 0 Å². The maximum atomic E-state index is 12.8. The van der Waals surface area contributed by atoms with Crippen LogP contribution in [0.25, 0.3) is 0 Å². The van der Waals surface area contributed by atoms with E-state index in [9.17, 15) is 19.2 Å². The summed E-state index contributed by atoms with van der Waals surface area (Å²) in [6, 6.07) is 0. The summed E-state index contributed by atoms with van der Waals surface area (Å²) < 4.78 is 32.1. The van der Waals surface area contributed by atoms with Gasteiger partial charge in [-0.2, -0.15) is 0 Å². The van der Waals surface area contributed by atoms with Crippen molar-refractivity contribution in [2.24, 2.45) is 0 Å². The van der Waals surface area contributed by atoms with Gasteiger partial charge in [0, 0.05) is 22.3 Å². The lowest BCUT2D eigenvalue weighted by Gasteiger charge is -2.10. The second kappa shape index (κ2) is 13.5. The van der Waals surface area contributed by atoms with Gasteiger partial charge in [-0.25, -0.2) is 19.2 Å². The van der Waals surface area contributed by atoms with E-state index in [-0.39, 0.29) is 75.1 Å². The van der Waals surface area contributed by atoms with Crippen molar-refractivity contribution >= 4 is 23.9 Å². The van der Waals surface area contributed by atoms with Crippen LogP contribution < -0.4 is 0 Å². The quantitative estimate of drug-likeness (QED) is 0.244. The minimum absolute atomic E-state index is 0.0271. The Balaban J connectivity index is 1.29. The van der Waals surface area contributed by atoms with E-state index < -0.39 is 23.9 Å². The number of fused-ring (bicyclic) bond motifs is 6. The molecule has 4 aliphatic carbocycles. The van der Waals surface area contributed by atoms with E-state index in [0.29, 0.717) is 22.3 Å². The molecule has 5 aliphatic rings. The lowest BCUT2D eigenvalue weighted by molar-refractivity contribution is -0.143. The molecule has 0 N–H and O–H groups in total. The van der Waals surface area contributed by atoms with Gasteiger partial charge in [-0.3, -0.25) is 0 Å². The molecule has 212 valence electrons. The molecular formula is C32H24O10. The van der Waals surface area contributed by atoms with Crippen LogP contribution in [0.4, 0.5) is 0 Å². The third kappa shape index (κ3) is 6.42. The van der Waals surface area contributed by atoms with Crippen LogP contribution in [0.15, 0.2) is 116 Å². The molecule has 0 aromatic rings. The van der Waals surface area contributed by atoms with E-state index in [4.69, 9.17) is 28.4 Å². The number of carbonyl (C=O) groups is 4. The molecule has 0 radical (unpaired) electrons. The van der Waals surface area contributed by atoms with Gasteiger partial charge in [-0.1, -0.05) is 47.9 Å². The third-order valence-corrected chi connectivity index (χ3v) is 6.13. The molecule has 0 spiro atoms. The largest absolute Gasteiger partial charge is 0.459 e. The summed E-state index contributed by atoms with van der Waals surface area (Å²) in [7, 11) is 0. The first kappa shape index (κ1) is 28.4. The summed E-state index contributed by atoms with van der Waals surface area (Å²) in [6.45, 7) is -0.258. The Morgan fingerprint density at radius 2 is 0.786 bits per heavy atom. The SMILES string of the molecule is O=C1OCCOCCOC(=O)C2=C=C(C(=O)OCCOCCOC(=O)C3=C=C1C1=C=CC=CC=C31)C1=CC=CC=C=C21. The predicted molar refractivity (Wildman–Crippen MR) is 144 cm³/mol. The van der Waals surface area contributed by atoms with Crippen molar-refractivity contribution < 1.29 is 47.6 Å². The van der Waals surface area contributed by atoms with E-state index in [1.165, 1.54) is 0 Å². The second-order valence-corrected chi connectivity index (χ2v) is 8.82. The molecule has 0 atom stereocenters. The van der Waals surface area contributed by atoms with Gasteiger partial charge in [0.1, 0.15) is 48.7 Å². The van der Waals surface area contributed by atoms with Crippen LogP contribution in [0.3, 0.4) is 0 Å². The van der Waals surface area contributed by atoms with Gasteiger partial charge in [0.2, 0.25) is 0 Å². The zero-order valence-electron chi connectivity index (χ0n) is 22.4. The normalized spacial score (nSPS) is 21.5. The maximum absolute atomic E-state index is 12.8. The number of ether oxygens (including phenoxy) is 6. The smallest absolute Gasteiger partial charge is 0.347 e. The van der Waals surface area contributed by atoms with Crippen LogP contribution in [0, 0.1) is 0 Å². The van der Waals surface area contributed by atoms with E-state index in [1.807, 2.05) is 0 Å². The predicted octanol–water partition coefficient (Wildman–Crippen LogP) is 2.29. The van der Waals surface area contributed by atoms with Gasteiger partial charge < -0.3 is 28.4 Å². The van der Waals surface area contributed by atoms with E-state index in [2.05, 4.69) is 22.9 Å². The number of hydrogen-bond donors (Lipinski definition) is 0. The van der Waals surface area contributed by atoms with Crippen molar-refractivity contribution in [3.05, 3.63) is 116 Å². The number of cyclic esters (lactones) is 4. The fourth-order valence-corrected chi connectivity index (χ4v) is 4.23. The highest BCUT2D eigenvalue weighted by Gasteiger charge is 2.33. The number of allylic oxidation sites excluding steroid dienone is 6. The Morgan fingerprint density at radius 1 is 0.429 bits per heavy atom. The van der Waals surface area contributed by atoms with Gasteiger partial charge >= 0.3 is 23.9 Å². The Kier molecular flexibility index (Phi) is 9.10. The molecule has 0 aromatic heterocycles. The molecule has 0 fully saturated rings. The Hall–Kier alpha value is -5.16. The fraction of sp³-hybridized carbons (Fsp3) is 0.250. The topological polar surface area (TPSA) is 124 Å². The minimum Gasteiger partial charge on any atom is -0.459 e. The third-order valence-electron chi connectivity index (χ3n) is 6.13. The van der Waals surface area contributed by atoms with Gasteiger partial charge in [-0.05, 0) is 12.2 Å². The molecule has 0 amide bonds. The highest BCUT2D eigenvalue weighted by atomic mass is 16.6. The van der Waals surface area contributed by atoms with Crippen LogP contribution in [0.2, 0.25) is 0 Å². The Bertz CT molecular complexity index is 1510. The lowest BCUT2D eigenvalue weighted by Crippen LogP contribution is -2.17. The van der Waals surface area contributed by atoms with Gasteiger partial charge in [0.15, 0.2) is 0 Å². The molecule has 10 nitrogen and oxygen atoms in total. The summed E-state index contributed by atoms with van der Waals surface area (Å²) in [5.41, 5.74) is 13.3. The summed E-state index contributed by atoms with van der Waals surface area (Å²) in [4.78, 5) is 51.3. The minimum atomic E-state index is -0.706. The van der Waals surface area contributed by atoms with E-state index in [1.54, 1.807) is 48.6 Å². The summed E-state index contributed by atoms with van der Waals surface area (Å²) in [5, 5.41) is 0. The van der Waals surface area contributed by atoms with Gasteiger partial charge in [0.05, 0.1) is 26.4 Å². The summed E-state index contributed by atoms with van der Waals surface area (Å²) in [5.74, 6) is -2.80. The number of esters is 4. The number of rotatable bonds is 0. The van der Waals surface area contributed by atoms with Crippen molar-refractivity contribution in [1.29, 1.82) is 0 Å². The zero-order chi connectivity index (χ0) is 29.3. The van der Waals surface area contributed by atoms with Crippen LogP contribution in [0.5, 0.6) is 0 Å². The molecule has 0 saturated carbocycles. The van der Waals surface area contributed by atoms with E-state index >= 15 is 0 Å². The molecule has 0 aromatic carbocycles. The lowest BCUT2D eigenvalue weighted by atomic mass is 10.0. The molecule has 42 heavy (non-hydrogen) atoms. The maximum Gasteiger partial charge on any atom is 0.347 e. The molecule has 0 unspecified atom stereocenters. The van der Waals surface area contributed by atoms with Crippen LogP contribution in [-0.2, 0) is 47.6 Å². The first-order valence-electron chi connectivity index (χ1n) is 13.1. The average Bonchev–Trinajstić information content (AvgIpc) is 3.30. The summed E-state index contributed by atoms with van der Waals surface area (Å²) in [6.07, 6.45) is 13.4. The summed E-state index contributed by atoms with van der Waals surface area (Å²) >= 11 is 0. The molecular weight excluding hydrogens is 544 g/mol. The number of hydrogen-bond acceptors (Lipinski definition) is 10. The first-order chi connectivity index (χ1) is 20.5. The zero-order valence-corrected chi connectivity index (χ0v) is 22.4. The van der Waals surface area contributed by atoms with E-state index in [0.717, 1.165) is 0 Å². The molecule has 0 saturated heterocycles. The van der Waals surface area contributed by atoms with Crippen molar-refractivity contribution in [3.8, 4) is 0 Å². The van der Waals surface area contributed by atoms with Crippen LogP contribution >= 0.6 is 0 Å². The Labute approximate surface area is 240 Å². The average molecular weight is 569 g/mol.